The van der Waals surface area contributed by atoms with Crippen molar-refractivity contribution >= 4 is 0 Å². The van der Waals surface area contributed by atoms with E-state index in [-0.39, 0.29) is 6.10 Å². The normalized spacial score (nSPS) is 21.6. The van der Waals surface area contributed by atoms with E-state index in [1.165, 1.54) is 5.69 Å². The van der Waals surface area contributed by atoms with Crippen LogP contribution in [0.25, 0.3) is 5.69 Å². The van der Waals surface area contributed by atoms with Gasteiger partial charge in [0.05, 0.1) is 18.0 Å². The van der Waals surface area contributed by atoms with Gasteiger partial charge in [0.25, 0.3) is 0 Å². The van der Waals surface area contributed by atoms with Crippen molar-refractivity contribution in [1.82, 2.24) is 14.5 Å². The Balaban J connectivity index is 1.73. The van der Waals surface area contributed by atoms with Crippen molar-refractivity contribution in [2.75, 3.05) is 13.6 Å². The number of aliphatic hydroxyl groups excluding tert-OH is 1. The molecule has 22 heavy (non-hydrogen) atoms. The van der Waals surface area contributed by atoms with E-state index in [0.717, 1.165) is 43.9 Å². The monoisotopic (exact) mass is 299 g/mol. The van der Waals surface area contributed by atoms with Gasteiger partial charge in [0.15, 0.2) is 0 Å². The van der Waals surface area contributed by atoms with E-state index < -0.39 is 0 Å². The lowest BCUT2D eigenvalue weighted by Crippen LogP contribution is -2.30. The Morgan fingerprint density at radius 1 is 1.27 bits per heavy atom. The van der Waals surface area contributed by atoms with Gasteiger partial charge in [-0.15, -0.1) is 0 Å². The predicted molar refractivity (Wildman–Crippen MR) is 88.0 cm³/mol. The highest BCUT2D eigenvalue weighted by atomic mass is 16.3. The van der Waals surface area contributed by atoms with Crippen molar-refractivity contribution in [2.45, 2.75) is 38.8 Å². The van der Waals surface area contributed by atoms with Gasteiger partial charge in [0.1, 0.15) is 5.82 Å². The highest BCUT2D eigenvalue weighted by Crippen LogP contribution is 2.26. The minimum atomic E-state index is -0.122. The molecule has 1 N–H and O–H groups in total. The molecule has 3 rings (SSSR count). The van der Waals surface area contributed by atoms with Gasteiger partial charge in [0, 0.05) is 18.8 Å². The van der Waals surface area contributed by atoms with E-state index in [1.807, 2.05) is 19.2 Å². The van der Waals surface area contributed by atoms with E-state index in [1.54, 1.807) is 0 Å². The average Bonchev–Trinajstić information content (AvgIpc) is 3.07. The van der Waals surface area contributed by atoms with E-state index in [9.17, 15) is 5.11 Å². The quantitative estimate of drug-likeness (QED) is 0.923. The predicted octanol–water partition coefficient (Wildman–Crippen LogP) is 2.77. The number of aromatic nitrogens is 2. The number of rotatable bonds is 5. The topological polar surface area (TPSA) is 41.3 Å². The number of aryl methyl sites for hydroxylation is 1. The summed E-state index contributed by atoms with van der Waals surface area (Å²) in [6.45, 7) is 3.83. The minimum absolute atomic E-state index is 0.122. The second kappa shape index (κ2) is 6.63. The van der Waals surface area contributed by atoms with Crippen LogP contribution < -0.4 is 0 Å². The van der Waals surface area contributed by atoms with Crippen LogP contribution in [0.3, 0.4) is 0 Å². The lowest BCUT2D eigenvalue weighted by Gasteiger charge is -2.23. The summed E-state index contributed by atoms with van der Waals surface area (Å²) in [5, 5.41) is 10.00. The highest BCUT2D eigenvalue weighted by Gasteiger charge is 2.26. The molecule has 1 saturated carbocycles. The van der Waals surface area contributed by atoms with Crippen LogP contribution in [0, 0.1) is 12.8 Å². The Bertz CT molecular complexity index is 608. The van der Waals surface area contributed by atoms with Gasteiger partial charge in [-0.2, -0.15) is 0 Å². The van der Waals surface area contributed by atoms with Gasteiger partial charge in [-0.25, -0.2) is 4.98 Å². The zero-order valence-corrected chi connectivity index (χ0v) is 13.4. The van der Waals surface area contributed by atoms with Crippen molar-refractivity contribution in [3.05, 3.63) is 48.0 Å². The molecule has 2 unspecified atom stereocenters. The Morgan fingerprint density at radius 2 is 2.05 bits per heavy atom. The number of nitrogens with zero attached hydrogens (tertiary/aromatic N) is 3. The van der Waals surface area contributed by atoms with Crippen LogP contribution in [-0.2, 0) is 6.54 Å². The molecule has 0 bridgehead atoms. The number of benzene rings is 1. The van der Waals surface area contributed by atoms with Gasteiger partial charge < -0.3 is 10.0 Å². The summed E-state index contributed by atoms with van der Waals surface area (Å²) < 4.78 is 2.21. The Hall–Kier alpha value is -1.65. The van der Waals surface area contributed by atoms with Crippen molar-refractivity contribution in [3.8, 4) is 5.69 Å². The van der Waals surface area contributed by atoms with Crippen LogP contribution in [0.15, 0.2) is 36.5 Å². The Morgan fingerprint density at radius 3 is 2.73 bits per heavy atom. The number of para-hydroxylation sites is 1. The second-order valence-electron chi connectivity index (χ2n) is 6.42. The summed E-state index contributed by atoms with van der Waals surface area (Å²) in [4.78, 5) is 6.78. The first-order valence-corrected chi connectivity index (χ1v) is 8.10. The van der Waals surface area contributed by atoms with Crippen LogP contribution in [0.5, 0.6) is 0 Å². The maximum absolute atomic E-state index is 10.00. The Labute approximate surface area is 132 Å². The summed E-state index contributed by atoms with van der Waals surface area (Å²) in [5.41, 5.74) is 2.35. The van der Waals surface area contributed by atoms with Crippen molar-refractivity contribution in [1.29, 1.82) is 0 Å². The van der Waals surface area contributed by atoms with Crippen LogP contribution in [0.1, 0.15) is 30.8 Å². The molecule has 1 aliphatic rings. The van der Waals surface area contributed by atoms with Crippen LogP contribution in [0.4, 0.5) is 0 Å². The van der Waals surface area contributed by atoms with E-state index in [4.69, 9.17) is 0 Å². The maximum atomic E-state index is 10.00. The molecule has 0 aliphatic heterocycles. The molecule has 1 aliphatic carbocycles. The number of hydrogen-bond donors (Lipinski definition) is 1. The van der Waals surface area contributed by atoms with Gasteiger partial charge in [0.2, 0.25) is 0 Å². The fourth-order valence-electron chi connectivity index (χ4n) is 3.50. The largest absolute Gasteiger partial charge is 0.393 e. The van der Waals surface area contributed by atoms with Gasteiger partial charge in [-0.3, -0.25) is 4.57 Å². The van der Waals surface area contributed by atoms with Gasteiger partial charge in [-0.05, 0) is 44.9 Å². The zero-order valence-electron chi connectivity index (χ0n) is 13.4. The first kappa shape index (κ1) is 15.3. The second-order valence-corrected chi connectivity index (χ2v) is 6.42. The molecule has 0 saturated heterocycles. The summed E-state index contributed by atoms with van der Waals surface area (Å²) in [6.07, 6.45) is 5.09. The Kier molecular flexibility index (Phi) is 4.60. The molecular weight excluding hydrogens is 274 g/mol. The molecule has 2 aromatic rings. The molecule has 4 heteroatoms. The summed E-state index contributed by atoms with van der Waals surface area (Å²) in [6, 6.07) is 10.4. The van der Waals surface area contributed by atoms with Crippen molar-refractivity contribution in [2.24, 2.45) is 5.92 Å². The van der Waals surface area contributed by atoms with Crippen LogP contribution >= 0.6 is 0 Å². The molecule has 0 amide bonds. The summed E-state index contributed by atoms with van der Waals surface area (Å²) >= 11 is 0. The first-order valence-electron chi connectivity index (χ1n) is 8.10. The fraction of sp³-hybridized carbons (Fsp3) is 0.500. The van der Waals surface area contributed by atoms with Gasteiger partial charge in [-0.1, -0.05) is 24.6 Å². The van der Waals surface area contributed by atoms with Gasteiger partial charge >= 0.3 is 0 Å². The number of imidazole rings is 1. The minimum Gasteiger partial charge on any atom is -0.393 e. The molecule has 1 heterocycles. The van der Waals surface area contributed by atoms with E-state index >= 15 is 0 Å². The third-order valence-corrected chi connectivity index (χ3v) is 4.62. The molecule has 1 aromatic carbocycles. The molecule has 0 spiro atoms. The van der Waals surface area contributed by atoms with Crippen molar-refractivity contribution < 1.29 is 5.11 Å². The zero-order chi connectivity index (χ0) is 15.5. The molecule has 1 aromatic heterocycles. The lowest BCUT2D eigenvalue weighted by atomic mass is 10.1. The lowest BCUT2D eigenvalue weighted by molar-refractivity contribution is 0.107. The third kappa shape index (κ3) is 3.23. The summed E-state index contributed by atoms with van der Waals surface area (Å²) in [5.74, 6) is 1.43. The summed E-state index contributed by atoms with van der Waals surface area (Å²) in [7, 11) is 2.13. The third-order valence-electron chi connectivity index (χ3n) is 4.62. The SMILES string of the molecule is Cc1ncc(CN(C)CC2CCCC2O)n1-c1ccccc1. The molecule has 4 nitrogen and oxygen atoms in total. The molecule has 0 radical (unpaired) electrons. The number of hydrogen-bond acceptors (Lipinski definition) is 3. The molecule has 2 atom stereocenters. The standard InChI is InChI=1S/C18H25N3O/c1-14-19-11-17(21(14)16-8-4-3-5-9-16)13-20(2)12-15-7-6-10-18(15)22/h3-5,8-9,11,15,18,22H,6-7,10,12-13H2,1-2H3. The molecule has 1 fully saturated rings. The number of aliphatic hydroxyl groups is 1. The highest BCUT2D eigenvalue weighted by molar-refractivity contribution is 5.35. The maximum Gasteiger partial charge on any atom is 0.110 e. The van der Waals surface area contributed by atoms with Crippen LogP contribution in [-0.4, -0.2) is 39.3 Å². The molecular formula is C18H25N3O. The van der Waals surface area contributed by atoms with Crippen LogP contribution in [0.2, 0.25) is 0 Å². The van der Waals surface area contributed by atoms with E-state index in [2.05, 4.69) is 45.8 Å². The average molecular weight is 299 g/mol. The fourth-order valence-corrected chi connectivity index (χ4v) is 3.50. The molecule has 118 valence electrons. The van der Waals surface area contributed by atoms with Crippen molar-refractivity contribution in [3.63, 3.8) is 0 Å². The first-order chi connectivity index (χ1) is 10.6. The smallest absolute Gasteiger partial charge is 0.110 e. The van der Waals surface area contributed by atoms with E-state index in [0.29, 0.717) is 5.92 Å².